The highest BCUT2D eigenvalue weighted by Crippen LogP contribution is 2.08. The highest BCUT2D eigenvalue weighted by atomic mass is 16.2. The van der Waals surface area contributed by atoms with Gasteiger partial charge in [-0.2, -0.15) is 0 Å². The van der Waals surface area contributed by atoms with Gasteiger partial charge in [-0.3, -0.25) is 14.5 Å². The van der Waals surface area contributed by atoms with Gasteiger partial charge in [-0.25, -0.2) is 4.79 Å². The zero-order valence-corrected chi connectivity index (χ0v) is 9.89. The number of carbonyl (C=O) groups excluding carboxylic acids is 3. The molecule has 4 amide bonds. The number of rotatable bonds is 4. The first kappa shape index (κ1) is 12.5. The highest BCUT2D eigenvalue weighted by Gasteiger charge is 2.35. The number of urea groups is 1. The second-order valence-electron chi connectivity index (χ2n) is 3.68. The van der Waals surface area contributed by atoms with Crippen molar-refractivity contribution in [2.24, 2.45) is 0 Å². The third-order valence-electron chi connectivity index (χ3n) is 2.64. The summed E-state index contributed by atoms with van der Waals surface area (Å²) in [5.41, 5.74) is 0. The number of amides is 4. The van der Waals surface area contributed by atoms with Gasteiger partial charge in [0.15, 0.2) is 0 Å². The van der Waals surface area contributed by atoms with Gasteiger partial charge < -0.3 is 9.80 Å². The van der Waals surface area contributed by atoms with Crippen molar-refractivity contribution in [2.45, 2.75) is 13.8 Å². The largest absolute Gasteiger partial charge is 0.342 e. The second kappa shape index (κ2) is 4.96. The molecule has 16 heavy (non-hydrogen) atoms. The molecule has 1 saturated heterocycles. The van der Waals surface area contributed by atoms with Crippen LogP contribution in [0.25, 0.3) is 0 Å². The van der Waals surface area contributed by atoms with E-state index in [1.165, 1.54) is 4.90 Å². The van der Waals surface area contributed by atoms with Crippen LogP contribution in [0, 0.1) is 0 Å². The smallest absolute Gasteiger partial charge is 0.327 e. The lowest BCUT2D eigenvalue weighted by Gasteiger charge is -2.21. The SMILES string of the molecule is CCN(CC)C(=O)CN1C(=O)CN(C)C1=O. The van der Waals surface area contributed by atoms with Crippen LogP contribution in [0.1, 0.15) is 13.8 Å². The number of nitrogens with zero attached hydrogens (tertiary/aromatic N) is 3. The number of hydrogen-bond donors (Lipinski definition) is 0. The van der Waals surface area contributed by atoms with E-state index in [0.717, 1.165) is 4.90 Å². The van der Waals surface area contributed by atoms with Crippen LogP contribution in [0.2, 0.25) is 0 Å². The summed E-state index contributed by atoms with van der Waals surface area (Å²) >= 11 is 0. The van der Waals surface area contributed by atoms with E-state index in [-0.39, 0.29) is 24.9 Å². The van der Waals surface area contributed by atoms with Crippen molar-refractivity contribution in [2.75, 3.05) is 33.2 Å². The molecule has 0 unspecified atom stereocenters. The van der Waals surface area contributed by atoms with Crippen LogP contribution in [0.4, 0.5) is 4.79 Å². The standard InChI is InChI=1S/C10H17N3O3/c1-4-12(5-2)8(14)7-13-9(15)6-11(3)10(13)16/h4-7H2,1-3H3. The first-order chi connectivity index (χ1) is 7.51. The van der Waals surface area contributed by atoms with Gasteiger partial charge in [0.1, 0.15) is 13.1 Å². The third-order valence-corrected chi connectivity index (χ3v) is 2.64. The molecule has 0 bridgehead atoms. The lowest BCUT2D eigenvalue weighted by atomic mass is 10.4. The van der Waals surface area contributed by atoms with E-state index < -0.39 is 6.03 Å². The Morgan fingerprint density at radius 2 is 1.88 bits per heavy atom. The van der Waals surface area contributed by atoms with Crippen molar-refractivity contribution in [3.8, 4) is 0 Å². The third kappa shape index (κ3) is 2.32. The van der Waals surface area contributed by atoms with E-state index in [1.807, 2.05) is 13.8 Å². The average molecular weight is 227 g/mol. The lowest BCUT2D eigenvalue weighted by molar-refractivity contribution is -0.136. The Bertz CT molecular complexity index is 312. The molecule has 6 nitrogen and oxygen atoms in total. The monoisotopic (exact) mass is 227 g/mol. The van der Waals surface area contributed by atoms with Crippen molar-refractivity contribution in [1.82, 2.24) is 14.7 Å². The van der Waals surface area contributed by atoms with E-state index in [9.17, 15) is 14.4 Å². The molecule has 0 aromatic carbocycles. The Hall–Kier alpha value is -1.59. The molecular weight excluding hydrogens is 210 g/mol. The molecule has 90 valence electrons. The van der Waals surface area contributed by atoms with Crippen LogP contribution in [0.15, 0.2) is 0 Å². The van der Waals surface area contributed by atoms with Crippen molar-refractivity contribution in [3.63, 3.8) is 0 Å². The molecule has 0 aromatic heterocycles. The summed E-state index contributed by atoms with van der Waals surface area (Å²) in [7, 11) is 1.54. The number of likely N-dealkylation sites (N-methyl/N-ethyl adjacent to an activating group) is 2. The quantitative estimate of drug-likeness (QED) is 0.622. The van der Waals surface area contributed by atoms with Gasteiger partial charge in [0.05, 0.1) is 0 Å². The van der Waals surface area contributed by atoms with Gasteiger partial charge in [0, 0.05) is 20.1 Å². The molecule has 0 aliphatic carbocycles. The normalized spacial score (nSPS) is 15.9. The van der Waals surface area contributed by atoms with Gasteiger partial charge in [-0.15, -0.1) is 0 Å². The molecule has 6 heteroatoms. The van der Waals surface area contributed by atoms with Crippen LogP contribution < -0.4 is 0 Å². The van der Waals surface area contributed by atoms with Gasteiger partial charge in [-0.05, 0) is 13.8 Å². The van der Waals surface area contributed by atoms with Crippen molar-refractivity contribution >= 4 is 17.8 Å². The van der Waals surface area contributed by atoms with E-state index in [1.54, 1.807) is 11.9 Å². The molecule has 1 heterocycles. The van der Waals surface area contributed by atoms with Crippen LogP contribution in [0.5, 0.6) is 0 Å². The molecule has 1 rings (SSSR count). The maximum atomic E-state index is 11.7. The summed E-state index contributed by atoms with van der Waals surface area (Å²) in [5.74, 6) is -0.505. The Morgan fingerprint density at radius 1 is 1.31 bits per heavy atom. The van der Waals surface area contributed by atoms with Gasteiger partial charge in [0.2, 0.25) is 5.91 Å². The van der Waals surface area contributed by atoms with Gasteiger partial charge >= 0.3 is 6.03 Å². The van der Waals surface area contributed by atoms with Crippen LogP contribution in [0.3, 0.4) is 0 Å². The summed E-state index contributed by atoms with van der Waals surface area (Å²) in [6, 6.07) is -0.398. The fraction of sp³-hybridized carbons (Fsp3) is 0.700. The van der Waals surface area contributed by atoms with Gasteiger partial charge in [-0.1, -0.05) is 0 Å². The second-order valence-corrected chi connectivity index (χ2v) is 3.68. The lowest BCUT2D eigenvalue weighted by Crippen LogP contribution is -2.43. The fourth-order valence-electron chi connectivity index (χ4n) is 1.64. The highest BCUT2D eigenvalue weighted by molar-refractivity contribution is 6.04. The Kier molecular flexibility index (Phi) is 3.87. The van der Waals surface area contributed by atoms with Crippen molar-refractivity contribution in [1.29, 1.82) is 0 Å². The van der Waals surface area contributed by atoms with Crippen LogP contribution in [-0.4, -0.2) is 65.8 Å². The summed E-state index contributed by atoms with van der Waals surface area (Å²) < 4.78 is 0. The molecule has 0 saturated carbocycles. The summed E-state index contributed by atoms with van der Waals surface area (Å²) in [4.78, 5) is 38.6. The molecule has 0 radical (unpaired) electrons. The fourth-order valence-corrected chi connectivity index (χ4v) is 1.64. The topological polar surface area (TPSA) is 60.9 Å². The maximum absolute atomic E-state index is 11.7. The van der Waals surface area contributed by atoms with E-state index >= 15 is 0 Å². The Labute approximate surface area is 94.8 Å². The van der Waals surface area contributed by atoms with Crippen molar-refractivity contribution in [3.05, 3.63) is 0 Å². The zero-order chi connectivity index (χ0) is 12.3. The van der Waals surface area contributed by atoms with Crippen LogP contribution in [-0.2, 0) is 9.59 Å². The van der Waals surface area contributed by atoms with Gasteiger partial charge in [0.25, 0.3) is 5.91 Å². The molecule has 1 aliphatic heterocycles. The minimum absolute atomic E-state index is 0.0599. The predicted octanol–water partition coefficient (Wildman–Crippen LogP) is -0.251. The summed E-state index contributed by atoms with van der Waals surface area (Å²) in [6.07, 6.45) is 0. The van der Waals surface area contributed by atoms with Crippen molar-refractivity contribution < 1.29 is 14.4 Å². The number of carbonyl (C=O) groups is 3. The predicted molar refractivity (Wildman–Crippen MR) is 57.7 cm³/mol. The first-order valence-electron chi connectivity index (χ1n) is 5.34. The number of hydrogen-bond acceptors (Lipinski definition) is 3. The number of imide groups is 1. The molecule has 0 spiro atoms. The van der Waals surface area contributed by atoms with E-state index in [0.29, 0.717) is 13.1 Å². The molecule has 1 fully saturated rings. The van der Waals surface area contributed by atoms with E-state index in [2.05, 4.69) is 0 Å². The molecule has 0 aromatic rings. The zero-order valence-electron chi connectivity index (χ0n) is 9.89. The molecule has 1 aliphatic rings. The first-order valence-corrected chi connectivity index (χ1v) is 5.34. The molecule has 0 atom stereocenters. The Morgan fingerprint density at radius 3 is 2.25 bits per heavy atom. The van der Waals surface area contributed by atoms with E-state index in [4.69, 9.17) is 0 Å². The molecular formula is C10H17N3O3. The minimum atomic E-state index is -0.398. The summed E-state index contributed by atoms with van der Waals surface area (Å²) in [6.45, 7) is 4.80. The average Bonchev–Trinajstić information content (AvgIpc) is 2.47. The Balaban J connectivity index is 2.64. The summed E-state index contributed by atoms with van der Waals surface area (Å²) in [5, 5.41) is 0. The minimum Gasteiger partial charge on any atom is -0.342 e. The maximum Gasteiger partial charge on any atom is 0.327 e. The van der Waals surface area contributed by atoms with Crippen LogP contribution >= 0.6 is 0 Å². The molecule has 0 N–H and O–H groups in total.